The Morgan fingerprint density at radius 1 is 0.947 bits per heavy atom. The number of carbonyl (C=O) groups is 1. The molecule has 0 N–H and O–H groups in total. The molecular formula is C27H29F3N4O4. The fraction of sp³-hybridized carbons (Fsp3) is 0.370. The number of nitrogens with zero attached hydrogens (tertiary/aromatic N) is 4. The molecular weight excluding hydrogens is 501 g/mol. The van der Waals surface area contributed by atoms with Crippen molar-refractivity contribution in [3.8, 4) is 22.8 Å². The van der Waals surface area contributed by atoms with Gasteiger partial charge in [0, 0.05) is 56.5 Å². The van der Waals surface area contributed by atoms with Crippen LogP contribution in [0.25, 0.3) is 11.3 Å². The Hall–Kier alpha value is -4.02. The van der Waals surface area contributed by atoms with Crippen molar-refractivity contribution in [2.24, 2.45) is 0 Å². The Bertz CT molecular complexity index is 1330. The third kappa shape index (κ3) is 6.27. The average Bonchev–Trinajstić information content (AvgIpc) is 2.93. The summed E-state index contributed by atoms with van der Waals surface area (Å²) in [4.78, 5) is 28.6. The molecule has 1 saturated heterocycles. The molecule has 0 unspecified atom stereocenters. The molecule has 0 aliphatic carbocycles. The van der Waals surface area contributed by atoms with Gasteiger partial charge in [0.25, 0.3) is 5.56 Å². The minimum absolute atomic E-state index is 0.0576. The molecule has 0 atom stereocenters. The Morgan fingerprint density at radius 2 is 1.68 bits per heavy atom. The maximum atomic E-state index is 13.0. The van der Waals surface area contributed by atoms with E-state index in [0.717, 1.165) is 17.7 Å². The molecule has 202 valence electrons. The lowest BCUT2D eigenvalue weighted by atomic mass is 10.1. The number of benzene rings is 2. The van der Waals surface area contributed by atoms with Crippen LogP contribution >= 0.6 is 0 Å². The molecule has 1 aromatic heterocycles. The molecule has 1 aliphatic heterocycles. The van der Waals surface area contributed by atoms with E-state index in [1.165, 1.54) is 23.9 Å². The largest absolute Gasteiger partial charge is 0.493 e. The predicted octanol–water partition coefficient (Wildman–Crippen LogP) is 4.08. The second-order valence-electron chi connectivity index (χ2n) is 8.87. The highest BCUT2D eigenvalue weighted by Crippen LogP contribution is 2.32. The van der Waals surface area contributed by atoms with E-state index < -0.39 is 11.7 Å². The molecule has 1 aliphatic rings. The van der Waals surface area contributed by atoms with E-state index in [-0.39, 0.29) is 24.4 Å². The molecule has 2 heterocycles. The summed E-state index contributed by atoms with van der Waals surface area (Å²) >= 11 is 0. The lowest BCUT2D eigenvalue weighted by molar-refractivity contribution is -0.137. The molecule has 3 aromatic rings. The van der Waals surface area contributed by atoms with Crippen molar-refractivity contribution in [1.82, 2.24) is 14.7 Å². The van der Waals surface area contributed by atoms with Gasteiger partial charge >= 0.3 is 6.18 Å². The van der Waals surface area contributed by atoms with E-state index >= 15 is 0 Å². The predicted molar refractivity (Wildman–Crippen MR) is 137 cm³/mol. The number of carbonyl (C=O) groups excluding carboxylic acids is 1. The maximum Gasteiger partial charge on any atom is 0.416 e. The smallest absolute Gasteiger partial charge is 0.416 e. The van der Waals surface area contributed by atoms with Crippen molar-refractivity contribution < 1.29 is 27.4 Å². The quantitative estimate of drug-likeness (QED) is 0.437. The van der Waals surface area contributed by atoms with Crippen molar-refractivity contribution in [3.63, 3.8) is 0 Å². The molecule has 0 bridgehead atoms. The highest BCUT2D eigenvalue weighted by Gasteiger charge is 2.31. The molecule has 0 radical (unpaired) electrons. The van der Waals surface area contributed by atoms with E-state index in [4.69, 9.17) is 9.47 Å². The van der Waals surface area contributed by atoms with E-state index in [0.29, 0.717) is 55.5 Å². The Labute approximate surface area is 218 Å². The highest BCUT2D eigenvalue weighted by molar-refractivity contribution is 5.76. The number of hydrogen-bond acceptors (Lipinski definition) is 6. The van der Waals surface area contributed by atoms with E-state index in [1.807, 2.05) is 11.0 Å². The van der Waals surface area contributed by atoms with Crippen LogP contribution in [-0.4, -0.2) is 61.0 Å². The molecule has 8 nitrogen and oxygen atoms in total. The molecule has 0 spiro atoms. The van der Waals surface area contributed by atoms with Crippen LogP contribution in [0.4, 0.5) is 18.9 Å². The van der Waals surface area contributed by atoms with Gasteiger partial charge in [-0.3, -0.25) is 9.59 Å². The van der Waals surface area contributed by atoms with Gasteiger partial charge in [-0.2, -0.15) is 18.3 Å². The zero-order valence-electron chi connectivity index (χ0n) is 21.2. The van der Waals surface area contributed by atoms with Gasteiger partial charge < -0.3 is 19.3 Å². The van der Waals surface area contributed by atoms with Gasteiger partial charge in [-0.05, 0) is 48.9 Å². The highest BCUT2D eigenvalue weighted by atomic mass is 19.4. The van der Waals surface area contributed by atoms with Gasteiger partial charge in [-0.1, -0.05) is 6.07 Å². The van der Waals surface area contributed by atoms with Gasteiger partial charge in [0.05, 0.1) is 25.5 Å². The van der Waals surface area contributed by atoms with Gasteiger partial charge in [0.1, 0.15) is 0 Å². The van der Waals surface area contributed by atoms with Crippen molar-refractivity contribution in [2.75, 3.05) is 45.3 Å². The van der Waals surface area contributed by atoms with Crippen molar-refractivity contribution in [1.29, 1.82) is 0 Å². The second kappa shape index (κ2) is 11.6. The lowest BCUT2D eigenvalue weighted by Crippen LogP contribution is -2.48. The topological polar surface area (TPSA) is 76.9 Å². The Balaban J connectivity index is 1.32. The van der Waals surface area contributed by atoms with Crippen LogP contribution < -0.4 is 19.9 Å². The summed E-state index contributed by atoms with van der Waals surface area (Å²) in [5.74, 6) is 1.07. The van der Waals surface area contributed by atoms with Crippen LogP contribution in [0.15, 0.2) is 59.4 Å². The summed E-state index contributed by atoms with van der Waals surface area (Å²) in [6.07, 6.45) is -3.74. The summed E-state index contributed by atoms with van der Waals surface area (Å²) in [7, 11) is 3.09. The lowest BCUT2D eigenvalue weighted by Gasteiger charge is -2.36. The number of anilines is 1. The zero-order valence-corrected chi connectivity index (χ0v) is 21.2. The molecule has 11 heteroatoms. The number of alkyl halides is 3. The van der Waals surface area contributed by atoms with E-state index in [2.05, 4.69) is 5.10 Å². The molecule has 2 aromatic carbocycles. The van der Waals surface area contributed by atoms with Crippen LogP contribution in [0.2, 0.25) is 0 Å². The first-order chi connectivity index (χ1) is 18.2. The number of hydrogen-bond donors (Lipinski definition) is 0. The first kappa shape index (κ1) is 27.0. The standard InChI is InChI=1S/C27H29F3N4O4/c1-37-23-10-8-19(17-24(23)38-2)22-9-11-26(36)34(31-22)12-4-7-25(35)33-15-13-32(14-16-33)21-6-3-5-20(18-21)27(28,29)30/h3,5-6,8-11,17-18H,4,7,12-16H2,1-2H3. The molecule has 1 fully saturated rings. The number of ether oxygens (including phenoxy) is 2. The van der Waals surface area contributed by atoms with Gasteiger partial charge in [-0.15, -0.1) is 0 Å². The van der Waals surface area contributed by atoms with Crippen LogP contribution in [0, 0.1) is 0 Å². The van der Waals surface area contributed by atoms with Crippen molar-refractivity contribution in [2.45, 2.75) is 25.6 Å². The second-order valence-corrected chi connectivity index (χ2v) is 8.87. The molecule has 38 heavy (non-hydrogen) atoms. The summed E-state index contributed by atoms with van der Waals surface area (Å²) in [5.41, 5.74) is 0.879. The number of amides is 1. The summed E-state index contributed by atoms with van der Waals surface area (Å²) in [5, 5.41) is 4.45. The van der Waals surface area contributed by atoms with Crippen molar-refractivity contribution in [3.05, 3.63) is 70.5 Å². The normalized spacial score (nSPS) is 13.9. The first-order valence-corrected chi connectivity index (χ1v) is 12.2. The molecule has 0 saturated carbocycles. The van der Waals surface area contributed by atoms with Crippen LogP contribution in [0.5, 0.6) is 11.5 Å². The van der Waals surface area contributed by atoms with Crippen LogP contribution in [-0.2, 0) is 17.5 Å². The van der Waals surface area contributed by atoms with Crippen LogP contribution in [0.1, 0.15) is 18.4 Å². The minimum atomic E-state index is -4.40. The zero-order chi connectivity index (χ0) is 27.3. The summed E-state index contributed by atoms with van der Waals surface area (Å²) in [6, 6.07) is 13.7. The van der Waals surface area contributed by atoms with Gasteiger partial charge in [-0.25, -0.2) is 4.68 Å². The molecule has 1 amide bonds. The number of halogens is 3. The minimum Gasteiger partial charge on any atom is -0.493 e. The maximum absolute atomic E-state index is 13.0. The third-order valence-corrected chi connectivity index (χ3v) is 6.48. The first-order valence-electron chi connectivity index (χ1n) is 12.2. The number of piperazine rings is 1. The van der Waals surface area contributed by atoms with Gasteiger partial charge in [0.2, 0.25) is 5.91 Å². The monoisotopic (exact) mass is 530 g/mol. The third-order valence-electron chi connectivity index (χ3n) is 6.48. The number of rotatable bonds is 8. The SMILES string of the molecule is COc1ccc(-c2ccc(=O)n(CCCC(=O)N3CCN(c4cccc(C(F)(F)F)c4)CC3)n2)cc1OC. The Kier molecular flexibility index (Phi) is 8.23. The fourth-order valence-electron chi connectivity index (χ4n) is 4.39. The van der Waals surface area contributed by atoms with E-state index in [9.17, 15) is 22.8 Å². The van der Waals surface area contributed by atoms with Gasteiger partial charge in [0.15, 0.2) is 11.5 Å². The number of methoxy groups -OCH3 is 2. The number of aromatic nitrogens is 2. The van der Waals surface area contributed by atoms with Crippen LogP contribution in [0.3, 0.4) is 0 Å². The Morgan fingerprint density at radius 3 is 2.37 bits per heavy atom. The average molecular weight is 531 g/mol. The summed E-state index contributed by atoms with van der Waals surface area (Å²) in [6.45, 7) is 2.00. The number of aryl methyl sites for hydroxylation is 1. The van der Waals surface area contributed by atoms with E-state index in [1.54, 1.807) is 36.3 Å². The fourth-order valence-corrected chi connectivity index (χ4v) is 4.39. The molecule has 4 rings (SSSR count). The summed E-state index contributed by atoms with van der Waals surface area (Å²) < 4.78 is 51.0. The van der Waals surface area contributed by atoms with Crippen molar-refractivity contribution >= 4 is 11.6 Å².